The SMILES string of the molecule is CC[C@H](C)[C@H](NC(=O)C1CCCC1C(=O)O)C(=O)NCC(=O)N1c2ccccc2C[C@H]1C(=O)NCc1nn[nH]n1. The Hall–Kier alpha value is -4.36. The minimum absolute atomic E-state index is 0.0287. The van der Waals surface area contributed by atoms with Crippen LogP contribution in [0.4, 0.5) is 5.69 Å². The number of anilines is 1. The topological polar surface area (TPSA) is 199 Å². The number of hydrogen-bond acceptors (Lipinski definition) is 8. The highest BCUT2D eigenvalue weighted by molar-refractivity contribution is 6.05. The Bertz CT molecular complexity index is 1250. The predicted molar refractivity (Wildman–Crippen MR) is 140 cm³/mol. The predicted octanol–water partition coefficient (Wildman–Crippen LogP) is -0.0782. The van der Waals surface area contributed by atoms with Gasteiger partial charge in [-0.15, -0.1) is 10.2 Å². The standard InChI is InChI=1S/C26H34N8O6/c1-3-14(2)22(29-23(36)16-8-6-9-17(16)26(39)40)25(38)28-13-21(35)34-18-10-5-4-7-15(18)11-19(34)24(37)27-12-20-30-32-33-31-20/h4-5,7,10,14,16-17,19,22H,3,6,8-9,11-13H2,1-2H3,(H,27,37)(H,28,38)(H,29,36)(H,39,40)(H,30,31,32,33)/t14-,16?,17?,19-,22-/m0/s1. The second-order valence-corrected chi connectivity index (χ2v) is 10.2. The maximum absolute atomic E-state index is 13.4. The number of carbonyl (C=O) groups excluding carboxylic acids is 4. The van der Waals surface area contributed by atoms with Crippen molar-refractivity contribution < 1.29 is 29.1 Å². The van der Waals surface area contributed by atoms with E-state index in [9.17, 15) is 29.1 Å². The number of nitrogens with zero attached hydrogens (tertiary/aromatic N) is 4. The van der Waals surface area contributed by atoms with Gasteiger partial charge in [-0.2, -0.15) is 5.21 Å². The highest BCUT2D eigenvalue weighted by Gasteiger charge is 2.41. The molecule has 0 saturated heterocycles. The number of fused-ring (bicyclic) bond motifs is 1. The molecule has 1 fully saturated rings. The van der Waals surface area contributed by atoms with Gasteiger partial charge in [0.05, 0.1) is 24.9 Å². The molecule has 1 aromatic carbocycles. The number of amides is 4. The number of aromatic amines is 1. The maximum Gasteiger partial charge on any atom is 0.307 e. The van der Waals surface area contributed by atoms with E-state index in [1.165, 1.54) is 4.90 Å². The van der Waals surface area contributed by atoms with Crippen molar-refractivity contribution in [2.75, 3.05) is 11.4 Å². The summed E-state index contributed by atoms with van der Waals surface area (Å²) < 4.78 is 0. The Morgan fingerprint density at radius 2 is 1.85 bits per heavy atom. The van der Waals surface area contributed by atoms with Crippen molar-refractivity contribution in [1.82, 2.24) is 36.6 Å². The van der Waals surface area contributed by atoms with Gasteiger partial charge in [0.2, 0.25) is 23.6 Å². The molecule has 4 amide bonds. The summed E-state index contributed by atoms with van der Waals surface area (Å²) in [5.74, 6) is -4.39. The Balaban J connectivity index is 1.42. The zero-order valence-corrected chi connectivity index (χ0v) is 22.4. The van der Waals surface area contributed by atoms with Crippen LogP contribution in [0.1, 0.15) is 50.9 Å². The molecule has 5 N–H and O–H groups in total. The van der Waals surface area contributed by atoms with E-state index in [-0.39, 0.29) is 12.5 Å². The van der Waals surface area contributed by atoms with Gasteiger partial charge in [0.25, 0.3) is 0 Å². The Morgan fingerprint density at radius 3 is 2.55 bits per heavy atom. The van der Waals surface area contributed by atoms with Crippen molar-refractivity contribution in [2.45, 2.75) is 64.6 Å². The van der Waals surface area contributed by atoms with E-state index in [2.05, 4.69) is 36.6 Å². The van der Waals surface area contributed by atoms with Gasteiger partial charge in [-0.1, -0.05) is 50.1 Å². The lowest BCUT2D eigenvalue weighted by atomic mass is 9.93. The van der Waals surface area contributed by atoms with Gasteiger partial charge in [-0.05, 0) is 30.4 Å². The van der Waals surface area contributed by atoms with Gasteiger partial charge in [0.15, 0.2) is 5.82 Å². The van der Waals surface area contributed by atoms with Crippen LogP contribution in [0.2, 0.25) is 0 Å². The number of carboxylic acids is 1. The zero-order valence-electron chi connectivity index (χ0n) is 22.4. The van der Waals surface area contributed by atoms with Crippen molar-refractivity contribution in [1.29, 1.82) is 0 Å². The van der Waals surface area contributed by atoms with Gasteiger partial charge in [0.1, 0.15) is 12.1 Å². The van der Waals surface area contributed by atoms with Crippen LogP contribution < -0.4 is 20.9 Å². The molecular weight excluding hydrogens is 520 g/mol. The molecule has 2 unspecified atom stereocenters. The number of tetrazole rings is 1. The molecule has 2 aromatic rings. The third-order valence-electron chi connectivity index (χ3n) is 7.73. The smallest absolute Gasteiger partial charge is 0.307 e. The molecule has 14 heteroatoms. The molecule has 0 radical (unpaired) electrons. The third-order valence-corrected chi connectivity index (χ3v) is 7.73. The van der Waals surface area contributed by atoms with Crippen LogP contribution in [0.3, 0.4) is 0 Å². The van der Waals surface area contributed by atoms with Crippen molar-refractivity contribution >= 4 is 35.3 Å². The van der Waals surface area contributed by atoms with Crippen LogP contribution in [-0.4, -0.2) is 74.0 Å². The molecule has 1 aliphatic heterocycles. The number of benzene rings is 1. The summed E-state index contributed by atoms with van der Waals surface area (Å²) in [6, 6.07) is 5.38. The highest BCUT2D eigenvalue weighted by Crippen LogP contribution is 2.33. The van der Waals surface area contributed by atoms with Crippen molar-refractivity contribution in [3.05, 3.63) is 35.7 Å². The van der Waals surface area contributed by atoms with Crippen LogP contribution in [0.15, 0.2) is 24.3 Å². The van der Waals surface area contributed by atoms with E-state index in [0.717, 1.165) is 5.56 Å². The molecule has 4 rings (SSSR count). The minimum Gasteiger partial charge on any atom is -0.481 e. The molecule has 0 bridgehead atoms. The monoisotopic (exact) mass is 554 g/mol. The van der Waals surface area contributed by atoms with Gasteiger partial charge in [-0.25, -0.2) is 0 Å². The highest BCUT2D eigenvalue weighted by atomic mass is 16.4. The third kappa shape index (κ3) is 6.26. The van der Waals surface area contributed by atoms with Crippen LogP contribution in [0.5, 0.6) is 0 Å². The average Bonchev–Trinajstić information content (AvgIpc) is 3.72. The maximum atomic E-state index is 13.4. The quantitative estimate of drug-likeness (QED) is 0.252. The van der Waals surface area contributed by atoms with E-state index in [0.29, 0.717) is 43.6 Å². The number of carboxylic acid groups (broad SMARTS) is 1. The second-order valence-electron chi connectivity index (χ2n) is 10.2. The van der Waals surface area contributed by atoms with Gasteiger partial charge < -0.3 is 21.1 Å². The first-order chi connectivity index (χ1) is 19.2. The van der Waals surface area contributed by atoms with Crippen LogP contribution in [0.25, 0.3) is 0 Å². The van der Waals surface area contributed by atoms with E-state index >= 15 is 0 Å². The molecule has 40 heavy (non-hydrogen) atoms. The summed E-state index contributed by atoms with van der Waals surface area (Å²) in [6.07, 6.45) is 2.36. The normalized spacial score (nSPS) is 21.2. The van der Waals surface area contributed by atoms with Crippen LogP contribution >= 0.6 is 0 Å². The van der Waals surface area contributed by atoms with E-state index in [1.54, 1.807) is 19.1 Å². The molecule has 1 saturated carbocycles. The van der Waals surface area contributed by atoms with Gasteiger partial charge in [-0.3, -0.25) is 28.9 Å². The molecule has 0 spiro atoms. The summed E-state index contributed by atoms with van der Waals surface area (Å²) >= 11 is 0. The van der Waals surface area contributed by atoms with E-state index in [1.807, 2.05) is 19.1 Å². The largest absolute Gasteiger partial charge is 0.481 e. The molecule has 14 nitrogen and oxygen atoms in total. The fourth-order valence-electron chi connectivity index (χ4n) is 5.33. The molecule has 1 aliphatic carbocycles. The summed E-state index contributed by atoms with van der Waals surface area (Å²) in [7, 11) is 0. The number of H-pyrrole nitrogens is 1. The first kappa shape index (κ1) is 28.6. The van der Waals surface area contributed by atoms with Crippen molar-refractivity contribution in [2.24, 2.45) is 17.8 Å². The van der Waals surface area contributed by atoms with Crippen molar-refractivity contribution in [3.8, 4) is 0 Å². The molecular formula is C26H34N8O6. The lowest BCUT2D eigenvalue weighted by Gasteiger charge is -2.27. The number of rotatable bonds is 11. The van der Waals surface area contributed by atoms with Gasteiger partial charge >= 0.3 is 5.97 Å². The first-order valence-electron chi connectivity index (χ1n) is 13.4. The average molecular weight is 555 g/mol. The number of hydrogen-bond donors (Lipinski definition) is 5. The first-order valence-corrected chi connectivity index (χ1v) is 13.4. The molecule has 2 heterocycles. The Kier molecular flexibility index (Phi) is 9.07. The van der Waals surface area contributed by atoms with Crippen LogP contribution in [0, 0.1) is 17.8 Å². The number of nitrogens with one attached hydrogen (secondary N) is 4. The zero-order chi connectivity index (χ0) is 28.8. The van der Waals surface area contributed by atoms with E-state index in [4.69, 9.17) is 0 Å². The second kappa shape index (κ2) is 12.7. The van der Waals surface area contributed by atoms with E-state index < -0.39 is 60.1 Å². The molecule has 2 aliphatic rings. The summed E-state index contributed by atoms with van der Waals surface area (Å²) in [6.45, 7) is 3.31. The fraction of sp³-hybridized carbons (Fsp3) is 0.538. The minimum atomic E-state index is -1.02. The Labute approximate surface area is 230 Å². The molecule has 1 aromatic heterocycles. The number of carbonyl (C=O) groups is 5. The lowest BCUT2D eigenvalue weighted by Crippen LogP contribution is -2.55. The molecule has 5 atom stereocenters. The Morgan fingerprint density at radius 1 is 1.10 bits per heavy atom. The number of aliphatic carboxylic acids is 1. The number of para-hydroxylation sites is 1. The fourth-order valence-corrected chi connectivity index (χ4v) is 5.33. The summed E-state index contributed by atoms with van der Waals surface area (Å²) in [5, 5.41) is 30.9. The molecule has 214 valence electrons. The number of aromatic nitrogens is 4. The van der Waals surface area contributed by atoms with Crippen LogP contribution in [-0.2, 0) is 36.9 Å². The summed E-state index contributed by atoms with van der Waals surface area (Å²) in [5.41, 5.74) is 1.39. The lowest BCUT2D eigenvalue weighted by molar-refractivity contribution is -0.146. The van der Waals surface area contributed by atoms with Gasteiger partial charge in [0, 0.05) is 12.1 Å². The van der Waals surface area contributed by atoms with Crippen molar-refractivity contribution in [3.63, 3.8) is 0 Å². The summed E-state index contributed by atoms with van der Waals surface area (Å²) in [4.78, 5) is 65.5.